The van der Waals surface area contributed by atoms with Crippen molar-refractivity contribution in [2.45, 2.75) is 39.1 Å². The van der Waals surface area contributed by atoms with E-state index in [0.717, 1.165) is 38.3 Å². The molecular weight excluding hydrogens is 224 g/mol. The van der Waals surface area contributed by atoms with Gasteiger partial charge in [-0.25, -0.2) is 0 Å². The molecule has 1 aromatic rings. The van der Waals surface area contributed by atoms with Crippen molar-refractivity contribution in [3.63, 3.8) is 0 Å². The lowest BCUT2D eigenvalue weighted by Crippen LogP contribution is -2.21. The number of rotatable bonds is 3. The molecule has 0 saturated carbocycles. The molecule has 0 spiro atoms. The predicted molar refractivity (Wildman–Crippen MR) is 64.8 cm³/mol. The van der Waals surface area contributed by atoms with Gasteiger partial charge in [-0.15, -0.1) is 11.6 Å². The predicted octanol–water partition coefficient (Wildman–Crippen LogP) is 2.67. The number of ether oxygens (including phenoxy) is 1. The van der Waals surface area contributed by atoms with Crippen LogP contribution in [0.2, 0.25) is 0 Å². The van der Waals surface area contributed by atoms with Crippen LogP contribution in [0.5, 0.6) is 0 Å². The molecule has 90 valence electrons. The van der Waals surface area contributed by atoms with Gasteiger partial charge in [-0.05, 0) is 32.6 Å². The first kappa shape index (κ1) is 11.9. The summed E-state index contributed by atoms with van der Waals surface area (Å²) in [7, 11) is 0. The number of aromatic nitrogens is 2. The van der Waals surface area contributed by atoms with Gasteiger partial charge in [0, 0.05) is 31.0 Å². The molecule has 1 aliphatic rings. The number of hydrogen-bond acceptors (Lipinski definition) is 2. The summed E-state index contributed by atoms with van der Waals surface area (Å²) >= 11 is 5.92. The lowest BCUT2D eigenvalue weighted by molar-refractivity contribution is 0.0599. The molecule has 0 amide bonds. The normalized spacial score (nSPS) is 17.9. The summed E-state index contributed by atoms with van der Waals surface area (Å²) in [5.41, 5.74) is 3.48. The lowest BCUT2D eigenvalue weighted by Gasteiger charge is -2.22. The van der Waals surface area contributed by atoms with E-state index >= 15 is 0 Å². The number of aryl methyl sites for hydroxylation is 1. The molecule has 0 radical (unpaired) electrons. The first-order valence-electron chi connectivity index (χ1n) is 5.89. The maximum absolute atomic E-state index is 5.92. The minimum absolute atomic E-state index is 0.561. The Morgan fingerprint density at radius 2 is 2.06 bits per heavy atom. The topological polar surface area (TPSA) is 27.1 Å². The molecule has 1 fully saturated rings. The average Bonchev–Trinajstić information content (AvgIpc) is 2.55. The Morgan fingerprint density at radius 1 is 1.38 bits per heavy atom. The largest absolute Gasteiger partial charge is 0.381 e. The summed E-state index contributed by atoms with van der Waals surface area (Å²) < 4.78 is 7.48. The third-order valence-electron chi connectivity index (χ3n) is 3.44. The molecule has 0 aliphatic carbocycles. The molecule has 0 aromatic carbocycles. The van der Waals surface area contributed by atoms with Crippen LogP contribution in [0.1, 0.15) is 29.8 Å². The maximum Gasteiger partial charge on any atom is 0.0640 e. The van der Waals surface area contributed by atoms with Crippen molar-refractivity contribution in [2.75, 3.05) is 13.2 Å². The fourth-order valence-corrected chi connectivity index (χ4v) is 2.67. The van der Waals surface area contributed by atoms with E-state index in [-0.39, 0.29) is 0 Å². The van der Waals surface area contributed by atoms with Gasteiger partial charge in [0.2, 0.25) is 0 Å². The molecule has 2 heterocycles. The zero-order valence-corrected chi connectivity index (χ0v) is 10.8. The van der Waals surface area contributed by atoms with Crippen LogP contribution in [0, 0.1) is 19.8 Å². The second-order valence-corrected chi connectivity index (χ2v) is 4.79. The summed E-state index contributed by atoms with van der Waals surface area (Å²) in [6.45, 7) is 6.94. The highest BCUT2D eigenvalue weighted by molar-refractivity contribution is 6.17. The van der Waals surface area contributed by atoms with Gasteiger partial charge in [0.25, 0.3) is 0 Å². The van der Waals surface area contributed by atoms with E-state index in [4.69, 9.17) is 16.3 Å². The van der Waals surface area contributed by atoms with Crippen molar-refractivity contribution >= 4 is 11.6 Å². The van der Waals surface area contributed by atoms with E-state index in [1.54, 1.807) is 0 Å². The van der Waals surface area contributed by atoms with Crippen LogP contribution in [-0.2, 0) is 17.2 Å². The molecule has 16 heavy (non-hydrogen) atoms. The summed E-state index contributed by atoms with van der Waals surface area (Å²) in [4.78, 5) is 0. The summed E-state index contributed by atoms with van der Waals surface area (Å²) in [5, 5.41) is 4.57. The fourth-order valence-electron chi connectivity index (χ4n) is 2.28. The molecule has 0 bridgehead atoms. The Balaban J connectivity index is 2.08. The van der Waals surface area contributed by atoms with Crippen LogP contribution in [-0.4, -0.2) is 23.0 Å². The Labute approximate surface area is 102 Å². The molecular formula is C12H19ClN2O. The first-order chi connectivity index (χ1) is 7.72. The highest BCUT2D eigenvalue weighted by Gasteiger charge is 2.17. The van der Waals surface area contributed by atoms with E-state index in [1.165, 1.54) is 11.3 Å². The van der Waals surface area contributed by atoms with Gasteiger partial charge in [0.1, 0.15) is 0 Å². The number of alkyl halides is 1. The van der Waals surface area contributed by atoms with Crippen molar-refractivity contribution in [1.82, 2.24) is 9.78 Å². The SMILES string of the molecule is Cc1nn(CC2CCOCC2)c(C)c1CCl. The van der Waals surface area contributed by atoms with Gasteiger partial charge in [-0.3, -0.25) is 4.68 Å². The number of hydrogen-bond donors (Lipinski definition) is 0. The standard InChI is InChI=1S/C12H19ClN2O/c1-9-12(7-13)10(2)15(14-9)8-11-3-5-16-6-4-11/h11H,3-8H2,1-2H3. The zero-order chi connectivity index (χ0) is 11.5. The summed E-state index contributed by atoms with van der Waals surface area (Å²) in [6, 6.07) is 0. The lowest BCUT2D eigenvalue weighted by atomic mass is 10.0. The van der Waals surface area contributed by atoms with Crippen LogP contribution < -0.4 is 0 Å². The molecule has 0 N–H and O–H groups in total. The van der Waals surface area contributed by atoms with Crippen molar-refractivity contribution in [1.29, 1.82) is 0 Å². The highest BCUT2D eigenvalue weighted by Crippen LogP contribution is 2.20. The molecule has 1 saturated heterocycles. The van der Waals surface area contributed by atoms with E-state index in [1.807, 2.05) is 6.92 Å². The molecule has 1 aromatic heterocycles. The Morgan fingerprint density at radius 3 is 2.62 bits per heavy atom. The van der Waals surface area contributed by atoms with Crippen LogP contribution in [0.15, 0.2) is 0 Å². The second kappa shape index (κ2) is 5.19. The van der Waals surface area contributed by atoms with E-state index in [9.17, 15) is 0 Å². The Hall–Kier alpha value is -0.540. The molecule has 2 rings (SSSR count). The number of halogens is 1. The van der Waals surface area contributed by atoms with E-state index in [2.05, 4.69) is 16.7 Å². The Bertz CT molecular complexity index is 356. The van der Waals surface area contributed by atoms with Gasteiger partial charge in [-0.1, -0.05) is 0 Å². The minimum atomic E-state index is 0.561. The van der Waals surface area contributed by atoms with Gasteiger partial charge >= 0.3 is 0 Å². The van der Waals surface area contributed by atoms with Gasteiger partial charge in [0.05, 0.1) is 11.6 Å². The van der Waals surface area contributed by atoms with Gasteiger partial charge in [-0.2, -0.15) is 5.10 Å². The Kier molecular flexibility index (Phi) is 3.87. The van der Waals surface area contributed by atoms with Crippen LogP contribution in [0.4, 0.5) is 0 Å². The monoisotopic (exact) mass is 242 g/mol. The van der Waals surface area contributed by atoms with E-state index < -0.39 is 0 Å². The summed E-state index contributed by atoms with van der Waals surface area (Å²) in [5.74, 6) is 1.26. The van der Waals surface area contributed by atoms with E-state index in [0.29, 0.717) is 11.8 Å². The zero-order valence-electron chi connectivity index (χ0n) is 10.0. The number of nitrogens with zero attached hydrogens (tertiary/aromatic N) is 2. The third-order valence-corrected chi connectivity index (χ3v) is 3.70. The van der Waals surface area contributed by atoms with Crippen molar-refractivity contribution in [2.24, 2.45) is 5.92 Å². The van der Waals surface area contributed by atoms with Crippen LogP contribution >= 0.6 is 11.6 Å². The third kappa shape index (κ3) is 2.41. The van der Waals surface area contributed by atoms with Crippen molar-refractivity contribution < 1.29 is 4.74 Å². The molecule has 1 aliphatic heterocycles. The average molecular weight is 243 g/mol. The van der Waals surface area contributed by atoms with Crippen molar-refractivity contribution in [3.8, 4) is 0 Å². The first-order valence-corrected chi connectivity index (χ1v) is 6.42. The molecule has 3 nitrogen and oxygen atoms in total. The van der Waals surface area contributed by atoms with Crippen LogP contribution in [0.3, 0.4) is 0 Å². The van der Waals surface area contributed by atoms with Crippen molar-refractivity contribution in [3.05, 3.63) is 17.0 Å². The molecule has 4 heteroatoms. The fraction of sp³-hybridized carbons (Fsp3) is 0.750. The smallest absolute Gasteiger partial charge is 0.0640 e. The molecule has 0 atom stereocenters. The highest BCUT2D eigenvalue weighted by atomic mass is 35.5. The minimum Gasteiger partial charge on any atom is -0.381 e. The summed E-state index contributed by atoms with van der Waals surface area (Å²) in [6.07, 6.45) is 2.29. The van der Waals surface area contributed by atoms with Gasteiger partial charge in [0.15, 0.2) is 0 Å². The molecule has 0 unspecified atom stereocenters. The quantitative estimate of drug-likeness (QED) is 0.762. The second-order valence-electron chi connectivity index (χ2n) is 4.52. The van der Waals surface area contributed by atoms with Crippen LogP contribution in [0.25, 0.3) is 0 Å². The maximum atomic E-state index is 5.92. The van der Waals surface area contributed by atoms with Gasteiger partial charge < -0.3 is 4.74 Å².